The first-order valence-electron chi connectivity index (χ1n) is 5.66. The van der Waals surface area contributed by atoms with Gasteiger partial charge in [0.15, 0.2) is 5.78 Å². The van der Waals surface area contributed by atoms with Crippen molar-refractivity contribution in [2.24, 2.45) is 11.3 Å². The van der Waals surface area contributed by atoms with E-state index in [1.165, 1.54) is 7.11 Å². The van der Waals surface area contributed by atoms with Crippen LogP contribution in [0.5, 0.6) is 0 Å². The van der Waals surface area contributed by atoms with E-state index in [9.17, 15) is 9.59 Å². The van der Waals surface area contributed by atoms with Gasteiger partial charge < -0.3 is 9.47 Å². The van der Waals surface area contributed by atoms with Crippen molar-refractivity contribution >= 4 is 11.8 Å². The van der Waals surface area contributed by atoms with E-state index in [0.717, 1.165) is 5.57 Å². The monoisotopic (exact) mass is 240 g/mol. The van der Waals surface area contributed by atoms with E-state index in [2.05, 4.69) is 0 Å². The van der Waals surface area contributed by atoms with Crippen LogP contribution in [0.3, 0.4) is 0 Å². The molecule has 96 valence electrons. The Morgan fingerprint density at radius 3 is 2.47 bits per heavy atom. The van der Waals surface area contributed by atoms with E-state index >= 15 is 0 Å². The van der Waals surface area contributed by atoms with Crippen LogP contribution < -0.4 is 0 Å². The van der Waals surface area contributed by atoms with Crippen molar-refractivity contribution in [3.05, 3.63) is 11.1 Å². The van der Waals surface area contributed by atoms with Crippen molar-refractivity contribution in [1.82, 2.24) is 0 Å². The third-order valence-electron chi connectivity index (χ3n) is 3.51. The minimum atomic E-state index is -0.789. The molecule has 1 rings (SSSR count). The van der Waals surface area contributed by atoms with Gasteiger partial charge in [-0.25, -0.2) is 0 Å². The molecule has 0 amide bonds. The molecular formula is C13H20O4. The summed E-state index contributed by atoms with van der Waals surface area (Å²) in [6.07, 6.45) is 0.611. The van der Waals surface area contributed by atoms with Gasteiger partial charge in [0.25, 0.3) is 0 Å². The summed E-state index contributed by atoms with van der Waals surface area (Å²) in [5, 5.41) is 0. The van der Waals surface area contributed by atoms with Crippen LogP contribution in [0.25, 0.3) is 0 Å². The maximum Gasteiger partial charge on any atom is 0.311 e. The van der Waals surface area contributed by atoms with Crippen molar-refractivity contribution < 1.29 is 19.1 Å². The molecule has 0 saturated carbocycles. The summed E-state index contributed by atoms with van der Waals surface area (Å²) in [5.74, 6) is -0.665. The van der Waals surface area contributed by atoms with Crippen molar-refractivity contribution in [2.75, 3.05) is 20.8 Å². The highest BCUT2D eigenvalue weighted by atomic mass is 16.5. The van der Waals surface area contributed by atoms with Gasteiger partial charge in [-0.1, -0.05) is 5.57 Å². The van der Waals surface area contributed by atoms with Crippen molar-refractivity contribution in [2.45, 2.75) is 27.2 Å². The molecule has 4 nitrogen and oxygen atoms in total. The van der Waals surface area contributed by atoms with E-state index in [1.807, 2.05) is 6.92 Å². The van der Waals surface area contributed by atoms with Crippen LogP contribution in [0.2, 0.25) is 0 Å². The van der Waals surface area contributed by atoms with E-state index in [1.54, 1.807) is 21.0 Å². The predicted octanol–water partition coefficient (Wildman–Crippen LogP) is 1.74. The number of ether oxygens (including phenoxy) is 2. The van der Waals surface area contributed by atoms with Crippen LogP contribution in [0.1, 0.15) is 27.2 Å². The normalized spacial score (nSPS) is 21.0. The van der Waals surface area contributed by atoms with Crippen LogP contribution in [0.4, 0.5) is 0 Å². The summed E-state index contributed by atoms with van der Waals surface area (Å²) in [6, 6.07) is 0. The van der Waals surface area contributed by atoms with Crippen molar-refractivity contribution in [3.8, 4) is 0 Å². The zero-order valence-electron chi connectivity index (χ0n) is 11.1. The lowest BCUT2D eigenvalue weighted by Gasteiger charge is -2.27. The molecule has 0 aromatic rings. The smallest absolute Gasteiger partial charge is 0.311 e. The molecule has 0 fully saturated rings. The van der Waals surface area contributed by atoms with Crippen molar-refractivity contribution in [3.63, 3.8) is 0 Å². The molecule has 0 N–H and O–H groups in total. The molecule has 0 spiro atoms. The Morgan fingerprint density at radius 2 is 2.00 bits per heavy atom. The van der Waals surface area contributed by atoms with Gasteiger partial charge in [-0.2, -0.15) is 0 Å². The number of allylic oxidation sites excluding steroid dienone is 1. The second-order valence-corrected chi connectivity index (χ2v) is 5.03. The summed E-state index contributed by atoms with van der Waals surface area (Å²) in [5.41, 5.74) is 0.927. The third kappa shape index (κ3) is 2.41. The summed E-state index contributed by atoms with van der Waals surface area (Å²) in [6.45, 7) is 5.74. The number of methoxy groups -OCH3 is 2. The topological polar surface area (TPSA) is 52.6 Å². The van der Waals surface area contributed by atoms with Crippen LogP contribution >= 0.6 is 0 Å². The molecule has 0 aromatic carbocycles. The first kappa shape index (κ1) is 13.9. The number of carbonyl (C=O) groups is 2. The Bertz CT molecular complexity index is 366. The lowest BCUT2D eigenvalue weighted by atomic mass is 9.76. The van der Waals surface area contributed by atoms with E-state index in [0.29, 0.717) is 18.6 Å². The number of carbonyl (C=O) groups excluding carboxylic acids is 2. The summed E-state index contributed by atoms with van der Waals surface area (Å²) in [4.78, 5) is 23.9. The van der Waals surface area contributed by atoms with Gasteiger partial charge in [-0.05, 0) is 27.2 Å². The summed E-state index contributed by atoms with van der Waals surface area (Å²) in [7, 11) is 2.91. The number of esters is 1. The molecule has 0 aliphatic heterocycles. The summed E-state index contributed by atoms with van der Waals surface area (Å²) < 4.78 is 9.78. The van der Waals surface area contributed by atoms with Gasteiger partial charge in [0.05, 0.1) is 19.1 Å². The highest BCUT2D eigenvalue weighted by molar-refractivity contribution is 6.03. The largest absolute Gasteiger partial charge is 0.469 e. The Kier molecular flexibility index (Phi) is 4.09. The fraction of sp³-hybridized carbons (Fsp3) is 0.692. The molecule has 1 aliphatic carbocycles. The third-order valence-corrected chi connectivity index (χ3v) is 3.51. The molecule has 1 aliphatic rings. The standard InChI is InChI=1S/C13H20O4/c1-8-6-10(11(14)9(8)7-16-4)13(2,3)12(15)17-5/h10H,6-7H2,1-5H3. The lowest BCUT2D eigenvalue weighted by Crippen LogP contribution is -2.37. The Labute approximate surface area is 102 Å². The quantitative estimate of drug-likeness (QED) is 0.702. The zero-order chi connectivity index (χ0) is 13.2. The molecule has 0 bridgehead atoms. The van der Waals surface area contributed by atoms with E-state index < -0.39 is 5.41 Å². The first-order chi connectivity index (χ1) is 7.86. The zero-order valence-corrected chi connectivity index (χ0v) is 11.1. The Hall–Kier alpha value is -1.16. The number of rotatable bonds is 4. The van der Waals surface area contributed by atoms with Gasteiger partial charge in [-0.15, -0.1) is 0 Å². The van der Waals surface area contributed by atoms with E-state index in [4.69, 9.17) is 9.47 Å². The average molecular weight is 240 g/mol. The van der Waals surface area contributed by atoms with Crippen LogP contribution in [-0.2, 0) is 19.1 Å². The minimum absolute atomic E-state index is 0.0137. The Morgan fingerprint density at radius 1 is 1.41 bits per heavy atom. The summed E-state index contributed by atoms with van der Waals surface area (Å²) >= 11 is 0. The number of hydrogen-bond acceptors (Lipinski definition) is 4. The van der Waals surface area contributed by atoms with Crippen LogP contribution in [-0.4, -0.2) is 32.6 Å². The average Bonchev–Trinajstić information content (AvgIpc) is 2.56. The molecule has 0 aromatic heterocycles. The fourth-order valence-electron chi connectivity index (χ4n) is 2.27. The van der Waals surface area contributed by atoms with Gasteiger partial charge >= 0.3 is 5.97 Å². The molecule has 1 atom stereocenters. The van der Waals surface area contributed by atoms with Gasteiger partial charge in [-0.3, -0.25) is 9.59 Å². The van der Waals surface area contributed by atoms with Crippen molar-refractivity contribution in [1.29, 1.82) is 0 Å². The number of ketones is 1. The Balaban J connectivity index is 2.93. The lowest BCUT2D eigenvalue weighted by molar-refractivity contribution is -0.156. The van der Waals surface area contributed by atoms with Gasteiger partial charge in [0.1, 0.15) is 0 Å². The maximum absolute atomic E-state index is 12.2. The molecule has 1 unspecified atom stereocenters. The van der Waals surface area contributed by atoms with Crippen LogP contribution in [0, 0.1) is 11.3 Å². The SMILES string of the molecule is COCC1=C(C)CC(C(C)(C)C(=O)OC)C1=O. The molecule has 0 heterocycles. The number of hydrogen-bond donors (Lipinski definition) is 0. The second kappa shape index (κ2) is 5.00. The maximum atomic E-state index is 12.2. The molecule has 0 saturated heterocycles. The molecule has 17 heavy (non-hydrogen) atoms. The van der Waals surface area contributed by atoms with E-state index in [-0.39, 0.29) is 17.7 Å². The highest BCUT2D eigenvalue weighted by Crippen LogP contribution is 2.40. The fourth-order valence-corrected chi connectivity index (χ4v) is 2.27. The minimum Gasteiger partial charge on any atom is -0.469 e. The molecular weight excluding hydrogens is 220 g/mol. The van der Waals surface area contributed by atoms with Gasteiger partial charge in [0, 0.05) is 18.6 Å². The van der Waals surface area contributed by atoms with Gasteiger partial charge in [0.2, 0.25) is 0 Å². The number of Topliss-reactive ketones (excluding diaryl/α,β-unsaturated/α-hetero) is 1. The second-order valence-electron chi connectivity index (χ2n) is 5.03. The molecule has 0 radical (unpaired) electrons. The predicted molar refractivity (Wildman–Crippen MR) is 63.5 cm³/mol. The van der Waals surface area contributed by atoms with Crippen LogP contribution in [0.15, 0.2) is 11.1 Å². The molecule has 4 heteroatoms. The first-order valence-corrected chi connectivity index (χ1v) is 5.66. The highest BCUT2D eigenvalue weighted by Gasteiger charge is 2.46.